The van der Waals surface area contributed by atoms with Gasteiger partial charge in [-0.2, -0.15) is 0 Å². The van der Waals surface area contributed by atoms with Gasteiger partial charge in [0.25, 0.3) is 0 Å². The number of aromatic nitrogens is 4. The fourth-order valence-corrected chi connectivity index (χ4v) is 3.41. The average molecular weight is 325 g/mol. The second-order valence-corrected chi connectivity index (χ2v) is 6.24. The van der Waals surface area contributed by atoms with E-state index in [1.807, 2.05) is 12.3 Å². The van der Waals surface area contributed by atoms with Crippen LogP contribution in [0.4, 0.5) is 0 Å². The Morgan fingerprint density at radius 1 is 1.25 bits per heavy atom. The van der Waals surface area contributed by atoms with E-state index in [9.17, 15) is 4.79 Å². The van der Waals surface area contributed by atoms with Crippen molar-refractivity contribution in [3.05, 3.63) is 42.4 Å². The van der Waals surface area contributed by atoms with Gasteiger partial charge in [0.15, 0.2) is 0 Å². The Kier molecular flexibility index (Phi) is 3.76. The number of carbonyl (C=O) groups excluding carboxylic acids is 1. The van der Waals surface area contributed by atoms with Gasteiger partial charge in [-0.3, -0.25) is 4.79 Å². The lowest BCUT2D eigenvalue weighted by Crippen LogP contribution is -2.38. The van der Waals surface area contributed by atoms with Crippen LogP contribution >= 0.6 is 0 Å². The van der Waals surface area contributed by atoms with Crippen LogP contribution in [-0.2, 0) is 0 Å². The number of hydrogen-bond donors (Lipinski definition) is 1. The minimum atomic E-state index is -0.285. The summed E-state index contributed by atoms with van der Waals surface area (Å²) in [5.41, 5.74) is 1.03. The highest BCUT2D eigenvalue weighted by Crippen LogP contribution is 2.31. The zero-order valence-electron chi connectivity index (χ0n) is 13.5. The van der Waals surface area contributed by atoms with Crippen LogP contribution in [0.5, 0.6) is 0 Å². The van der Waals surface area contributed by atoms with Crippen LogP contribution in [0.1, 0.15) is 48.3 Å². The molecule has 0 bridgehead atoms. The molecule has 1 aliphatic rings. The third-order valence-corrected chi connectivity index (χ3v) is 4.62. The first-order valence-corrected chi connectivity index (χ1v) is 8.23. The molecule has 0 spiro atoms. The van der Waals surface area contributed by atoms with Crippen molar-refractivity contribution in [2.45, 2.75) is 44.7 Å². The minimum absolute atomic E-state index is 0.0372. The zero-order valence-corrected chi connectivity index (χ0v) is 13.5. The maximum absolute atomic E-state index is 12.1. The van der Waals surface area contributed by atoms with E-state index in [4.69, 9.17) is 4.42 Å². The molecule has 1 amide bonds. The summed E-state index contributed by atoms with van der Waals surface area (Å²) in [5.74, 6) is 0.151. The van der Waals surface area contributed by atoms with Gasteiger partial charge in [-0.25, -0.2) is 4.98 Å². The maximum Gasteiger partial charge on any atom is 0.309 e. The van der Waals surface area contributed by atoms with E-state index in [1.54, 1.807) is 6.92 Å². The van der Waals surface area contributed by atoms with E-state index in [0.29, 0.717) is 11.9 Å². The van der Waals surface area contributed by atoms with Crippen LogP contribution in [0.25, 0.3) is 11.0 Å². The van der Waals surface area contributed by atoms with Gasteiger partial charge in [0.1, 0.15) is 5.65 Å². The van der Waals surface area contributed by atoms with Crippen LogP contribution in [0.3, 0.4) is 0 Å². The molecule has 7 heteroatoms. The van der Waals surface area contributed by atoms with Gasteiger partial charge in [0.2, 0.25) is 5.89 Å². The van der Waals surface area contributed by atoms with Gasteiger partial charge < -0.3 is 14.3 Å². The molecule has 0 saturated heterocycles. The quantitative estimate of drug-likeness (QED) is 0.800. The number of nitrogens with zero attached hydrogens (tertiary/aromatic N) is 4. The molecule has 0 aromatic carbocycles. The highest BCUT2D eigenvalue weighted by molar-refractivity contribution is 5.89. The average Bonchev–Trinajstić information content (AvgIpc) is 3.22. The Balaban J connectivity index is 1.39. The smallest absolute Gasteiger partial charge is 0.309 e. The van der Waals surface area contributed by atoms with Crippen molar-refractivity contribution in [1.82, 2.24) is 25.1 Å². The normalized spacial score (nSPS) is 21.0. The Labute approximate surface area is 139 Å². The molecule has 7 nitrogen and oxygen atoms in total. The fourth-order valence-electron chi connectivity index (χ4n) is 3.41. The summed E-state index contributed by atoms with van der Waals surface area (Å²) in [6.07, 6.45) is 7.81. The van der Waals surface area contributed by atoms with Gasteiger partial charge in [-0.05, 0) is 43.9 Å². The van der Waals surface area contributed by atoms with Gasteiger partial charge in [0.05, 0.1) is 0 Å². The third-order valence-electron chi connectivity index (χ3n) is 4.62. The van der Waals surface area contributed by atoms with E-state index in [0.717, 1.165) is 31.3 Å². The Morgan fingerprint density at radius 3 is 2.83 bits per heavy atom. The topological polar surface area (TPSA) is 85.8 Å². The lowest BCUT2D eigenvalue weighted by atomic mass is 9.91. The fraction of sp³-hybridized carbons (Fsp3) is 0.412. The van der Waals surface area contributed by atoms with Gasteiger partial charge in [-0.1, -0.05) is 0 Å². The molecule has 0 aliphatic heterocycles. The zero-order chi connectivity index (χ0) is 16.5. The van der Waals surface area contributed by atoms with Crippen molar-refractivity contribution in [2.24, 2.45) is 0 Å². The molecule has 3 heterocycles. The van der Waals surface area contributed by atoms with Gasteiger partial charge in [-0.15, -0.1) is 10.2 Å². The number of carbonyl (C=O) groups is 1. The number of amides is 1. The largest absolute Gasteiger partial charge is 0.417 e. The van der Waals surface area contributed by atoms with Crippen molar-refractivity contribution in [3.8, 4) is 0 Å². The van der Waals surface area contributed by atoms with Crippen LogP contribution < -0.4 is 5.32 Å². The van der Waals surface area contributed by atoms with Crippen molar-refractivity contribution in [2.75, 3.05) is 0 Å². The van der Waals surface area contributed by atoms with E-state index in [1.165, 1.54) is 5.39 Å². The molecule has 3 aromatic heterocycles. The Hall–Kier alpha value is -2.70. The minimum Gasteiger partial charge on any atom is -0.417 e. The Morgan fingerprint density at radius 2 is 2.08 bits per heavy atom. The molecule has 1 fully saturated rings. The van der Waals surface area contributed by atoms with Crippen molar-refractivity contribution in [3.63, 3.8) is 0 Å². The molecule has 24 heavy (non-hydrogen) atoms. The van der Waals surface area contributed by atoms with Crippen LogP contribution in [0.15, 0.2) is 35.0 Å². The van der Waals surface area contributed by atoms with Crippen LogP contribution in [-0.4, -0.2) is 31.7 Å². The first-order valence-electron chi connectivity index (χ1n) is 8.23. The number of nitrogens with one attached hydrogen (secondary N) is 1. The van der Waals surface area contributed by atoms with Crippen LogP contribution in [0.2, 0.25) is 0 Å². The maximum atomic E-state index is 12.1. The molecule has 1 aliphatic carbocycles. The predicted octanol–water partition coefficient (Wildman–Crippen LogP) is 2.64. The van der Waals surface area contributed by atoms with Crippen molar-refractivity contribution >= 4 is 16.9 Å². The van der Waals surface area contributed by atoms with E-state index >= 15 is 0 Å². The number of fused-ring (bicyclic) bond motifs is 1. The summed E-state index contributed by atoms with van der Waals surface area (Å²) < 4.78 is 7.43. The SMILES string of the molecule is Cc1nnc(C(=O)NC2CCC(n3ccc4cccnc43)CC2)o1. The number of aryl methyl sites for hydroxylation is 1. The number of pyridine rings is 1. The molecule has 3 aromatic rings. The second-order valence-electron chi connectivity index (χ2n) is 6.24. The van der Waals surface area contributed by atoms with Gasteiger partial charge in [0, 0.05) is 36.8 Å². The second kappa shape index (κ2) is 6.07. The highest BCUT2D eigenvalue weighted by Gasteiger charge is 2.26. The number of rotatable bonds is 3. The first-order chi connectivity index (χ1) is 11.7. The molecular weight excluding hydrogens is 306 g/mol. The predicted molar refractivity (Wildman–Crippen MR) is 87.5 cm³/mol. The molecule has 1 saturated carbocycles. The molecule has 0 radical (unpaired) electrons. The molecule has 1 N–H and O–H groups in total. The van der Waals surface area contributed by atoms with Crippen molar-refractivity contribution < 1.29 is 9.21 Å². The summed E-state index contributed by atoms with van der Waals surface area (Å²) in [7, 11) is 0. The molecule has 0 atom stereocenters. The number of hydrogen-bond acceptors (Lipinski definition) is 5. The lowest BCUT2D eigenvalue weighted by molar-refractivity contribution is 0.0886. The first kappa shape index (κ1) is 14.9. The summed E-state index contributed by atoms with van der Waals surface area (Å²) in [6.45, 7) is 1.67. The molecule has 0 unspecified atom stereocenters. The van der Waals surface area contributed by atoms with E-state index in [2.05, 4.69) is 43.4 Å². The lowest BCUT2D eigenvalue weighted by Gasteiger charge is -2.30. The highest BCUT2D eigenvalue weighted by atomic mass is 16.4. The van der Waals surface area contributed by atoms with Crippen molar-refractivity contribution in [1.29, 1.82) is 0 Å². The molecule has 4 rings (SSSR count). The van der Waals surface area contributed by atoms with E-state index < -0.39 is 0 Å². The summed E-state index contributed by atoms with van der Waals surface area (Å²) in [4.78, 5) is 16.6. The third kappa shape index (κ3) is 2.77. The van der Waals surface area contributed by atoms with Gasteiger partial charge >= 0.3 is 11.8 Å². The summed E-state index contributed by atoms with van der Waals surface area (Å²) >= 11 is 0. The summed E-state index contributed by atoms with van der Waals surface area (Å²) in [5, 5.41) is 11.6. The Bertz CT molecular complexity index is 861. The molecule has 124 valence electrons. The molecular formula is C17H19N5O2. The van der Waals surface area contributed by atoms with Crippen LogP contribution in [0, 0.1) is 6.92 Å². The van der Waals surface area contributed by atoms with E-state index in [-0.39, 0.29) is 17.8 Å². The standard InChI is InChI=1S/C17H19N5O2/c1-11-20-21-17(24-11)16(23)19-13-4-6-14(7-5-13)22-10-8-12-3-2-9-18-15(12)22/h2-3,8-10,13-14H,4-7H2,1H3,(H,19,23). The monoisotopic (exact) mass is 325 g/mol. The summed E-state index contributed by atoms with van der Waals surface area (Å²) in [6, 6.07) is 6.72.